The van der Waals surface area contributed by atoms with Gasteiger partial charge in [0.05, 0.1) is 18.3 Å². The molecule has 2 rings (SSSR count). The average Bonchev–Trinajstić information content (AvgIpc) is 2.87. The largest absolute Gasteiger partial charge is 0.375 e. The molecule has 1 aromatic rings. The van der Waals surface area contributed by atoms with Crippen molar-refractivity contribution in [1.82, 2.24) is 9.78 Å². The topological polar surface area (TPSA) is 27.1 Å². The Bertz CT molecular complexity index is 290. The van der Waals surface area contributed by atoms with Gasteiger partial charge in [0.2, 0.25) is 0 Å². The summed E-state index contributed by atoms with van der Waals surface area (Å²) in [6.45, 7) is 3.61. The van der Waals surface area contributed by atoms with Crippen molar-refractivity contribution in [2.45, 2.75) is 51.7 Å². The Labute approximate surface area is 91.4 Å². The van der Waals surface area contributed by atoms with Crippen molar-refractivity contribution in [1.29, 1.82) is 0 Å². The molecule has 1 fully saturated rings. The molecule has 0 amide bonds. The summed E-state index contributed by atoms with van der Waals surface area (Å²) in [4.78, 5) is 0. The van der Waals surface area contributed by atoms with Crippen LogP contribution in [-0.2, 0) is 11.3 Å². The van der Waals surface area contributed by atoms with E-state index in [1.165, 1.54) is 25.7 Å². The van der Waals surface area contributed by atoms with Crippen LogP contribution < -0.4 is 0 Å². The highest BCUT2D eigenvalue weighted by molar-refractivity contribution is 4.98. The summed E-state index contributed by atoms with van der Waals surface area (Å²) in [7, 11) is 0. The molecule has 0 unspecified atom stereocenters. The minimum absolute atomic E-state index is 0.643. The summed E-state index contributed by atoms with van der Waals surface area (Å²) in [5.74, 6) is 0. The zero-order valence-corrected chi connectivity index (χ0v) is 9.48. The molecule has 0 bridgehead atoms. The summed E-state index contributed by atoms with van der Waals surface area (Å²) >= 11 is 0. The van der Waals surface area contributed by atoms with E-state index in [2.05, 4.69) is 29.0 Å². The van der Waals surface area contributed by atoms with Gasteiger partial charge in [-0.25, -0.2) is 0 Å². The third-order valence-electron chi connectivity index (χ3n) is 2.96. The molecule has 15 heavy (non-hydrogen) atoms. The predicted molar refractivity (Wildman–Crippen MR) is 59.7 cm³/mol. The first-order valence-electron chi connectivity index (χ1n) is 6.02. The maximum atomic E-state index is 5.47. The molecule has 0 radical (unpaired) electrons. The van der Waals surface area contributed by atoms with Crippen molar-refractivity contribution in [3.63, 3.8) is 0 Å². The van der Waals surface area contributed by atoms with Crippen LogP contribution >= 0.6 is 0 Å². The van der Waals surface area contributed by atoms with E-state index in [0.29, 0.717) is 12.6 Å². The van der Waals surface area contributed by atoms with Crippen molar-refractivity contribution in [3.05, 3.63) is 18.0 Å². The number of rotatable bonds is 5. The fraction of sp³-hybridized carbons (Fsp3) is 0.750. The second kappa shape index (κ2) is 5.31. The number of hydrogen-bond acceptors (Lipinski definition) is 2. The highest BCUT2D eigenvalue weighted by atomic mass is 16.5. The smallest absolute Gasteiger partial charge is 0.0906 e. The summed E-state index contributed by atoms with van der Waals surface area (Å²) in [5, 5.41) is 4.56. The quantitative estimate of drug-likeness (QED) is 0.696. The Morgan fingerprint density at radius 3 is 3.00 bits per heavy atom. The molecule has 0 saturated heterocycles. The maximum absolute atomic E-state index is 5.47. The molecule has 3 nitrogen and oxygen atoms in total. The maximum Gasteiger partial charge on any atom is 0.0906 e. The van der Waals surface area contributed by atoms with Crippen LogP contribution in [0.1, 0.15) is 50.8 Å². The fourth-order valence-corrected chi connectivity index (χ4v) is 2.15. The van der Waals surface area contributed by atoms with Crippen molar-refractivity contribution in [3.8, 4) is 0 Å². The Hall–Kier alpha value is -0.830. The van der Waals surface area contributed by atoms with Gasteiger partial charge in [-0.3, -0.25) is 4.68 Å². The molecule has 3 heteroatoms. The van der Waals surface area contributed by atoms with Crippen LogP contribution in [0.3, 0.4) is 0 Å². The lowest BCUT2D eigenvalue weighted by Crippen LogP contribution is -2.06. The first kappa shape index (κ1) is 10.7. The summed E-state index contributed by atoms with van der Waals surface area (Å²) in [6.07, 6.45) is 8.45. The van der Waals surface area contributed by atoms with Gasteiger partial charge in [-0.05, 0) is 25.3 Å². The van der Waals surface area contributed by atoms with Crippen LogP contribution in [0.4, 0.5) is 0 Å². The van der Waals surface area contributed by atoms with E-state index < -0.39 is 0 Å². The monoisotopic (exact) mass is 208 g/mol. The van der Waals surface area contributed by atoms with Crippen LogP contribution in [0.5, 0.6) is 0 Å². The SMILES string of the molecule is CCCOCc1ccn(C2CCCC2)n1. The van der Waals surface area contributed by atoms with E-state index in [4.69, 9.17) is 4.74 Å². The van der Waals surface area contributed by atoms with E-state index in [0.717, 1.165) is 18.7 Å². The van der Waals surface area contributed by atoms with Gasteiger partial charge in [-0.2, -0.15) is 5.10 Å². The Morgan fingerprint density at radius 1 is 1.47 bits per heavy atom. The lowest BCUT2D eigenvalue weighted by Gasteiger charge is -2.08. The third-order valence-corrected chi connectivity index (χ3v) is 2.96. The highest BCUT2D eigenvalue weighted by Crippen LogP contribution is 2.28. The van der Waals surface area contributed by atoms with E-state index >= 15 is 0 Å². The molecule has 0 spiro atoms. The molecule has 1 aliphatic rings. The molecule has 0 aliphatic heterocycles. The lowest BCUT2D eigenvalue weighted by molar-refractivity contribution is 0.118. The molecule has 1 saturated carbocycles. The van der Waals surface area contributed by atoms with Crippen molar-refractivity contribution >= 4 is 0 Å². The summed E-state index contributed by atoms with van der Waals surface area (Å²) in [6, 6.07) is 2.72. The van der Waals surface area contributed by atoms with Gasteiger partial charge in [0, 0.05) is 12.8 Å². The Morgan fingerprint density at radius 2 is 2.27 bits per heavy atom. The number of aromatic nitrogens is 2. The van der Waals surface area contributed by atoms with Crippen LogP contribution in [0.15, 0.2) is 12.3 Å². The van der Waals surface area contributed by atoms with Crippen molar-refractivity contribution in [2.24, 2.45) is 0 Å². The average molecular weight is 208 g/mol. The molecule has 0 atom stereocenters. The Kier molecular flexibility index (Phi) is 3.78. The van der Waals surface area contributed by atoms with Gasteiger partial charge in [0.15, 0.2) is 0 Å². The highest BCUT2D eigenvalue weighted by Gasteiger charge is 2.17. The second-order valence-corrected chi connectivity index (χ2v) is 4.28. The minimum Gasteiger partial charge on any atom is -0.375 e. The van der Waals surface area contributed by atoms with E-state index in [9.17, 15) is 0 Å². The van der Waals surface area contributed by atoms with E-state index in [1.807, 2.05) is 0 Å². The standard InChI is InChI=1S/C12H20N2O/c1-2-9-15-10-11-7-8-14(13-11)12-5-3-4-6-12/h7-8,12H,2-6,9-10H2,1H3. The van der Waals surface area contributed by atoms with Crippen molar-refractivity contribution < 1.29 is 4.74 Å². The molecule has 1 heterocycles. The summed E-state index contributed by atoms with van der Waals surface area (Å²) < 4.78 is 7.59. The third kappa shape index (κ3) is 2.81. The molecule has 0 aromatic carbocycles. The van der Waals surface area contributed by atoms with Gasteiger partial charge < -0.3 is 4.74 Å². The first-order chi connectivity index (χ1) is 7.40. The lowest BCUT2D eigenvalue weighted by atomic mass is 10.3. The zero-order valence-electron chi connectivity index (χ0n) is 9.48. The van der Waals surface area contributed by atoms with Gasteiger partial charge in [-0.15, -0.1) is 0 Å². The normalized spacial score (nSPS) is 17.4. The van der Waals surface area contributed by atoms with Gasteiger partial charge >= 0.3 is 0 Å². The molecule has 1 aliphatic carbocycles. The number of hydrogen-bond donors (Lipinski definition) is 0. The van der Waals surface area contributed by atoms with E-state index in [1.54, 1.807) is 0 Å². The predicted octanol–water partition coefficient (Wildman–Crippen LogP) is 2.92. The molecule has 84 valence electrons. The molecular weight excluding hydrogens is 188 g/mol. The van der Waals surface area contributed by atoms with Gasteiger partial charge in [-0.1, -0.05) is 19.8 Å². The van der Waals surface area contributed by atoms with Gasteiger partial charge in [0.25, 0.3) is 0 Å². The molecular formula is C12H20N2O. The number of ether oxygens (including phenoxy) is 1. The van der Waals surface area contributed by atoms with E-state index in [-0.39, 0.29) is 0 Å². The Balaban J connectivity index is 1.86. The fourth-order valence-electron chi connectivity index (χ4n) is 2.15. The molecule has 0 N–H and O–H groups in total. The second-order valence-electron chi connectivity index (χ2n) is 4.28. The first-order valence-corrected chi connectivity index (χ1v) is 6.02. The summed E-state index contributed by atoms with van der Waals surface area (Å²) in [5.41, 5.74) is 1.07. The minimum atomic E-state index is 0.643. The van der Waals surface area contributed by atoms with Crippen LogP contribution in [0.25, 0.3) is 0 Å². The molecule has 1 aromatic heterocycles. The van der Waals surface area contributed by atoms with Crippen LogP contribution in [0, 0.1) is 0 Å². The number of nitrogens with zero attached hydrogens (tertiary/aromatic N) is 2. The zero-order chi connectivity index (χ0) is 10.5. The van der Waals surface area contributed by atoms with Gasteiger partial charge in [0.1, 0.15) is 0 Å². The van der Waals surface area contributed by atoms with Crippen molar-refractivity contribution in [2.75, 3.05) is 6.61 Å². The van der Waals surface area contributed by atoms with Crippen LogP contribution in [-0.4, -0.2) is 16.4 Å². The van der Waals surface area contributed by atoms with Crippen LogP contribution in [0.2, 0.25) is 0 Å².